The Labute approximate surface area is 178 Å². The van der Waals surface area contributed by atoms with Gasteiger partial charge in [-0.1, -0.05) is 49.7 Å². The van der Waals surface area contributed by atoms with E-state index in [1.54, 1.807) is 6.20 Å². The Morgan fingerprint density at radius 1 is 0.900 bits per heavy atom. The predicted molar refractivity (Wildman–Crippen MR) is 125 cm³/mol. The largest absolute Gasteiger partial charge is 0.355 e. The van der Waals surface area contributed by atoms with Crippen LogP contribution in [0.5, 0.6) is 0 Å². The predicted octanol–water partition coefficient (Wildman–Crippen LogP) is 5.63. The lowest BCUT2D eigenvalue weighted by atomic mass is 10.1. The summed E-state index contributed by atoms with van der Waals surface area (Å²) in [6.45, 7) is 6.16. The number of anilines is 1. The normalized spacial score (nSPS) is 14.7. The smallest absolute Gasteiger partial charge is 0.163 e. The van der Waals surface area contributed by atoms with Gasteiger partial charge in [0.1, 0.15) is 5.82 Å². The number of rotatable bonds is 3. The molecule has 2 aromatic carbocycles. The maximum atomic E-state index is 4.97. The third kappa shape index (κ3) is 3.78. The van der Waals surface area contributed by atoms with Crippen molar-refractivity contribution < 1.29 is 0 Å². The van der Waals surface area contributed by atoms with Gasteiger partial charge in [0.05, 0.1) is 5.52 Å². The van der Waals surface area contributed by atoms with E-state index in [1.165, 1.54) is 16.7 Å². The van der Waals surface area contributed by atoms with Crippen molar-refractivity contribution in [3.05, 3.63) is 83.7 Å². The number of aryl methyl sites for hydroxylation is 1. The van der Waals surface area contributed by atoms with Crippen molar-refractivity contribution in [2.75, 3.05) is 11.9 Å². The minimum Gasteiger partial charge on any atom is -0.355 e. The first-order chi connectivity index (χ1) is 14.7. The highest BCUT2D eigenvalue weighted by atomic mass is 15.2. The maximum absolute atomic E-state index is 4.97. The van der Waals surface area contributed by atoms with E-state index < -0.39 is 0 Å². The number of nitrogens with zero attached hydrogens (tertiary/aromatic N) is 4. The van der Waals surface area contributed by atoms with Crippen LogP contribution >= 0.6 is 0 Å². The van der Waals surface area contributed by atoms with E-state index in [4.69, 9.17) is 9.97 Å². The summed E-state index contributed by atoms with van der Waals surface area (Å²) < 4.78 is 0. The van der Waals surface area contributed by atoms with Gasteiger partial charge in [-0.15, -0.1) is 0 Å². The molecule has 0 saturated carbocycles. The van der Waals surface area contributed by atoms with Crippen LogP contribution in [0.1, 0.15) is 30.5 Å². The van der Waals surface area contributed by atoms with Crippen LogP contribution in [0.3, 0.4) is 0 Å². The topological polar surface area (TPSA) is 41.9 Å². The molecule has 0 spiro atoms. The molecular formula is C26H28N4. The lowest BCUT2D eigenvalue weighted by molar-refractivity contribution is 0.661. The fourth-order valence-corrected chi connectivity index (χ4v) is 4.12. The lowest BCUT2D eigenvalue weighted by Crippen LogP contribution is -2.33. The molecular weight excluding hydrogens is 368 g/mol. The van der Waals surface area contributed by atoms with Crippen molar-refractivity contribution >= 4 is 16.7 Å². The Balaban J connectivity index is 0.00000106. The average Bonchev–Trinajstić information content (AvgIpc) is 3.23. The molecule has 2 aromatic heterocycles. The Morgan fingerprint density at radius 3 is 2.50 bits per heavy atom. The summed E-state index contributed by atoms with van der Waals surface area (Å²) in [6, 6.07) is 19.4. The van der Waals surface area contributed by atoms with Crippen LogP contribution in [0.2, 0.25) is 0 Å². The number of fused-ring (bicyclic) bond motifs is 2. The molecule has 0 amide bonds. The van der Waals surface area contributed by atoms with E-state index in [9.17, 15) is 0 Å². The molecule has 0 N–H and O–H groups in total. The monoisotopic (exact) mass is 396 g/mol. The van der Waals surface area contributed by atoms with Crippen molar-refractivity contribution in [2.24, 2.45) is 0 Å². The number of benzene rings is 2. The Morgan fingerprint density at radius 2 is 1.70 bits per heavy atom. The molecule has 0 fully saturated rings. The lowest BCUT2D eigenvalue weighted by Gasteiger charge is -2.27. The van der Waals surface area contributed by atoms with Gasteiger partial charge in [0, 0.05) is 36.4 Å². The number of hydrogen-bond donors (Lipinski definition) is 0. The molecule has 5 rings (SSSR count). The molecule has 152 valence electrons. The van der Waals surface area contributed by atoms with E-state index in [1.807, 2.05) is 38.2 Å². The Bertz CT molecular complexity index is 1150. The molecule has 0 bridgehead atoms. The third-order valence-electron chi connectivity index (χ3n) is 5.66. The van der Waals surface area contributed by atoms with Crippen LogP contribution in [-0.4, -0.2) is 28.0 Å². The average molecular weight is 397 g/mol. The molecule has 1 aliphatic carbocycles. The maximum Gasteiger partial charge on any atom is 0.163 e. The van der Waals surface area contributed by atoms with Gasteiger partial charge in [-0.25, -0.2) is 9.97 Å². The van der Waals surface area contributed by atoms with Crippen LogP contribution in [0, 0.1) is 6.92 Å². The third-order valence-corrected chi connectivity index (χ3v) is 5.66. The summed E-state index contributed by atoms with van der Waals surface area (Å²) in [5.74, 6) is 1.71. The molecule has 0 radical (unpaired) electrons. The van der Waals surface area contributed by atoms with Crippen molar-refractivity contribution in [3.63, 3.8) is 0 Å². The summed E-state index contributed by atoms with van der Waals surface area (Å²) in [6.07, 6.45) is 5.69. The van der Waals surface area contributed by atoms with Gasteiger partial charge < -0.3 is 4.90 Å². The molecule has 30 heavy (non-hydrogen) atoms. The van der Waals surface area contributed by atoms with Crippen molar-refractivity contribution in [3.8, 4) is 11.4 Å². The minimum absolute atomic E-state index is 0.400. The molecule has 4 heteroatoms. The van der Waals surface area contributed by atoms with Crippen LogP contribution in [0.4, 0.5) is 5.82 Å². The van der Waals surface area contributed by atoms with Gasteiger partial charge in [-0.3, -0.25) is 4.98 Å². The first-order valence-corrected chi connectivity index (χ1v) is 10.7. The van der Waals surface area contributed by atoms with E-state index in [0.717, 1.165) is 41.0 Å². The molecule has 4 aromatic rings. The summed E-state index contributed by atoms with van der Waals surface area (Å²) in [5.41, 5.74) is 6.14. The molecule has 0 saturated heterocycles. The van der Waals surface area contributed by atoms with Crippen molar-refractivity contribution in [2.45, 2.75) is 39.7 Å². The molecule has 1 atom stereocenters. The molecule has 4 nitrogen and oxygen atoms in total. The van der Waals surface area contributed by atoms with E-state index in [0.29, 0.717) is 6.04 Å². The number of hydrogen-bond acceptors (Lipinski definition) is 4. The Kier molecular flexibility index (Phi) is 5.75. The second-order valence-corrected chi connectivity index (χ2v) is 7.57. The van der Waals surface area contributed by atoms with E-state index in [-0.39, 0.29) is 0 Å². The second-order valence-electron chi connectivity index (χ2n) is 7.57. The number of pyridine rings is 1. The zero-order chi connectivity index (χ0) is 21.1. The SMILES string of the molecule is CC.Cc1ccc2c(c1)CC(N(C)c1nc(-c3cccnc3)nc3ccccc13)C2. The fraction of sp³-hybridized carbons (Fsp3) is 0.269. The molecule has 1 aliphatic rings. The standard InChI is InChI=1S/C24H22N4.C2H6/c1-16-9-10-17-13-20(14-19(17)12-16)28(2)24-21-7-3-4-8-22(21)26-23(27-24)18-6-5-11-25-15-18;1-2/h3-12,15,20H,13-14H2,1-2H3;1-2H3. The van der Waals surface area contributed by atoms with Crippen LogP contribution in [-0.2, 0) is 12.8 Å². The quantitative estimate of drug-likeness (QED) is 0.450. The summed E-state index contributed by atoms with van der Waals surface area (Å²) >= 11 is 0. The zero-order valence-corrected chi connectivity index (χ0v) is 18.1. The van der Waals surface area contributed by atoms with Gasteiger partial charge in [-0.2, -0.15) is 0 Å². The van der Waals surface area contributed by atoms with Crippen LogP contribution < -0.4 is 4.90 Å². The molecule has 0 aliphatic heterocycles. The van der Waals surface area contributed by atoms with Gasteiger partial charge >= 0.3 is 0 Å². The van der Waals surface area contributed by atoms with Gasteiger partial charge in [-0.05, 0) is 55.2 Å². The summed E-state index contributed by atoms with van der Waals surface area (Å²) in [5, 5.41) is 1.09. The minimum atomic E-state index is 0.400. The van der Waals surface area contributed by atoms with E-state index in [2.05, 4.69) is 60.3 Å². The van der Waals surface area contributed by atoms with Gasteiger partial charge in [0.15, 0.2) is 5.82 Å². The first kappa shape index (κ1) is 20.0. The highest BCUT2D eigenvalue weighted by molar-refractivity contribution is 5.91. The highest BCUT2D eigenvalue weighted by Gasteiger charge is 2.27. The second kappa shape index (κ2) is 8.62. The zero-order valence-electron chi connectivity index (χ0n) is 18.1. The highest BCUT2D eigenvalue weighted by Crippen LogP contribution is 2.32. The summed E-state index contributed by atoms with van der Waals surface area (Å²) in [4.78, 5) is 16.3. The number of likely N-dealkylation sites (N-methyl/N-ethyl adjacent to an activating group) is 1. The molecule has 2 heterocycles. The van der Waals surface area contributed by atoms with E-state index >= 15 is 0 Å². The number of aromatic nitrogens is 3. The summed E-state index contributed by atoms with van der Waals surface area (Å²) in [7, 11) is 2.16. The van der Waals surface area contributed by atoms with Gasteiger partial charge in [0.2, 0.25) is 0 Å². The number of para-hydroxylation sites is 1. The van der Waals surface area contributed by atoms with Gasteiger partial charge in [0.25, 0.3) is 0 Å². The van der Waals surface area contributed by atoms with Crippen LogP contribution in [0.15, 0.2) is 67.0 Å². The van der Waals surface area contributed by atoms with Crippen molar-refractivity contribution in [1.29, 1.82) is 0 Å². The molecule has 1 unspecified atom stereocenters. The fourth-order valence-electron chi connectivity index (χ4n) is 4.12. The first-order valence-electron chi connectivity index (χ1n) is 10.7. The van der Waals surface area contributed by atoms with Crippen molar-refractivity contribution in [1.82, 2.24) is 15.0 Å². The van der Waals surface area contributed by atoms with Crippen LogP contribution in [0.25, 0.3) is 22.3 Å². The Hall–Kier alpha value is -3.27.